The highest BCUT2D eigenvalue weighted by molar-refractivity contribution is 5.94. The van der Waals surface area contributed by atoms with E-state index in [1.807, 2.05) is 30.3 Å². The summed E-state index contributed by atoms with van der Waals surface area (Å²) in [6.45, 7) is 3.57. The molecule has 28 heavy (non-hydrogen) atoms. The topological polar surface area (TPSA) is 86.7 Å². The standard InChI is InChI=1S/C22H26N2O4/c1-16(22(27)28)14-19-8-10-20(11-9-19)23-21(26)15-24(17(2)25)13-12-18-6-4-3-5-7-18/h3-11,16H,12-15H2,1-2H3,(H,23,26)(H,27,28). The fourth-order valence-electron chi connectivity index (χ4n) is 2.80. The first-order valence-electron chi connectivity index (χ1n) is 9.26. The van der Waals surface area contributed by atoms with Gasteiger partial charge in [-0.25, -0.2) is 0 Å². The van der Waals surface area contributed by atoms with Crippen LogP contribution in [0.5, 0.6) is 0 Å². The number of rotatable bonds is 9. The lowest BCUT2D eigenvalue weighted by molar-refractivity contribution is -0.141. The van der Waals surface area contributed by atoms with E-state index < -0.39 is 11.9 Å². The minimum Gasteiger partial charge on any atom is -0.481 e. The molecule has 0 aromatic heterocycles. The van der Waals surface area contributed by atoms with Crippen molar-refractivity contribution < 1.29 is 19.5 Å². The lowest BCUT2D eigenvalue weighted by Gasteiger charge is -2.20. The van der Waals surface area contributed by atoms with Crippen LogP contribution in [0.3, 0.4) is 0 Å². The van der Waals surface area contributed by atoms with E-state index in [1.165, 1.54) is 11.8 Å². The molecular weight excluding hydrogens is 356 g/mol. The Labute approximate surface area is 165 Å². The maximum atomic E-state index is 12.3. The molecule has 148 valence electrons. The van der Waals surface area contributed by atoms with Gasteiger partial charge in [-0.1, -0.05) is 49.4 Å². The van der Waals surface area contributed by atoms with Crippen LogP contribution in [0.4, 0.5) is 5.69 Å². The van der Waals surface area contributed by atoms with E-state index in [-0.39, 0.29) is 18.4 Å². The number of carboxylic acids is 1. The molecule has 0 aliphatic heterocycles. The Hall–Kier alpha value is -3.15. The number of carboxylic acid groups (broad SMARTS) is 1. The van der Waals surface area contributed by atoms with Crippen molar-refractivity contribution in [2.45, 2.75) is 26.7 Å². The Bertz CT molecular complexity index is 803. The lowest BCUT2D eigenvalue weighted by atomic mass is 10.0. The van der Waals surface area contributed by atoms with Crippen molar-refractivity contribution in [2.24, 2.45) is 5.92 Å². The highest BCUT2D eigenvalue weighted by atomic mass is 16.4. The number of hydrogen-bond acceptors (Lipinski definition) is 3. The molecular formula is C22H26N2O4. The van der Waals surface area contributed by atoms with E-state index >= 15 is 0 Å². The van der Waals surface area contributed by atoms with Gasteiger partial charge >= 0.3 is 5.97 Å². The average Bonchev–Trinajstić information content (AvgIpc) is 2.67. The molecule has 2 aromatic rings. The van der Waals surface area contributed by atoms with E-state index in [1.54, 1.807) is 31.2 Å². The second-order valence-corrected chi connectivity index (χ2v) is 6.86. The van der Waals surface area contributed by atoms with E-state index in [4.69, 9.17) is 5.11 Å². The Morgan fingerprint density at radius 3 is 2.21 bits per heavy atom. The van der Waals surface area contributed by atoms with Crippen LogP contribution >= 0.6 is 0 Å². The van der Waals surface area contributed by atoms with Crippen LogP contribution in [0.1, 0.15) is 25.0 Å². The second kappa shape index (κ2) is 10.3. The summed E-state index contributed by atoms with van der Waals surface area (Å²) >= 11 is 0. The van der Waals surface area contributed by atoms with Gasteiger partial charge in [0.05, 0.1) is 12.5 Å². The van der Waals surface area contributed by atoms with Crippen LogP contribution in [-0.4, -0.2) is 40.9 Å². The molecule has 2 aromatic carbocycles. The first-order chi connectivity index (χ1) is 13.3. The summed E-state index contributed by atoms with van der Waals surface area (Å²) in [5.41, 5.74) is 2.62. The number of carbonyl (C=O) groups is 3. The van der Waals surface area contributed by atoms with Crippen LogP contribution < -0.4 is 5.32 Å². The maximum Gasteiger partial charge on any atom is 0.306 e. The third kappa shape index (κ3) is 6.87. The highest BCUT2D eigenvalue weighted by Crippen LogP contribution is 2.14. The average molecular weight is 382 g/mol. The smallest absolute Gasteiger partial charge is 0.306 e. The van der Waals surface area contributed by atoms with Crippen molar-refractivity contribution in [1.29, 1.82) is 0 Å². The van der Waals surface area contributed by atoms with E-state index in [2.05, 4.69) is 5.32 Å². The fourth-order valence-corrected chi connectivity index (χ4v) is 2.80. The Balaban J connectivity index is 1.88. The third-order valence-electron chi connectivity index (χ3n) is 4.49. The molecule has 6 nitrogen and oxygen atoms in total. The molecule has 2 N–H and O–H groups in total. The zero-order valence-corrected chi connectivity index (χ0v) is 16.2. The molecule has 0 aliphatic rings. The SMILES string of the molecule is CC(=O)N(CCc1ccccc1)CC(=O)Nc1ccc(CC(C)C(=O)O)cc1. The predicted octanol–water partition coefficient (Wildman–Crippen LogP) is 2.98. The summed E-state index contributed by atoms with van der Waals surface area (Å²) in [6, 6.07) is 16.9. The molecule has 0 bridgehead atoms. The lowest BCUT2D eigenvalue weighted by Crippen LogP contribution is -2.38. The first-order valence-corrected chi connectivity index (χ1v) is 9.26. The normalized spacial score (nSPS) is 11.5. The van der Waals surface area contributed by atoms with Gasteiger partial charge in [0.25, 0.3) is 0 Å². The zero-order chi connectivity index (χ0) is 20.5. The van der Waals surface area contributed by atoms with E-state index in [0.29, 0.717) is 25.1 Å². The number of nitrogens with zero attached hydrogens (tertiary/aromatic N) is 1. The molecule has 0 saturated carbocycles. The van der Waals surface area contributed by atoms with Gasteiger partial charge in [-0.05, 0) is 36.1 Å². The van der Waals surface area contributed by atoms with E-state index in [9.17, 15) is 14.4 Å². The van der Waals surface area contributed by atoms with Crippen LogP contribution in [0.2, 0.25) is 0 Å². The molecule has 0 fully saturated rings. The molecule has 0 saturated heterocycles. The number of carbonyl (C=O) groups excluding carboxylic acids is 2. The van der Waals surface area contributed by atoms with Gasteiger partial charge in [0, 0.05) is 19.2 Å². The Kier molecular flexibility index (Phi) is 7.75. The molecule has 1 atom stereocenters. The van der Waals surface area contributed by atoms with Gasteiger partial charge in [0.1, 0.15) is 0 Å². The molecule has 6 heteroatoms. The highest BCUT2D eigenvalue weighted by Gasteiger charge is 2.14. The second-order valence-electron chi connectivity index (χ2n) is 6.86. The van der Waals surface area contributed by atoms with Crippen molar-refractivity contribution in [3.63, 3.8) is 0 Å². The fraction of sp³-hybridized carbons (Fsp3) is 0.318. The zero-order valence-electron chi connectivity index (χ0n) is 16.2. The summed E-state index contributed by atoms with van der Waals surface area (Å²) in [5, 5.41) is 11.8. The molecule has 2 amide bonds. The summed E-state index contributed by atoms with van der Waals surface area (Å²) in [5.74, 6) is -1.72. The quantitative estimate of drug-likeness (QED) is 0.698. The number of nitrogens with one attached hydrogen (secondary N) is 1. The van der Waals surface area contributed by atoms with Crippen LogP contribution in [0.15, 0.2) is 54.6 Å². The number of amides is 2. The summed E-state index contributed by atoms with van der Waals surface area (Å²) in [6.07, 6.45) is 1.12. The van der Waals surface area contributed by atoms with Crippen molar-refractivity contribution in [3.8, 4) is 0 Å². The van der Waals surface area contributed by atoms with Gasteiger partial charge in [-0.2, -0.15) is 0 Å². The van der Waals surface area contributed by atoms with Gasteiger partial charge in [-0.3, -0.25) is 14.4 Å². The Morgan fingerprint density at radius 2 is 1.64 bits per heavy atom. The third-order valence-corrected chi connectivity index (χ3v) is 4.49. The molecule has 0 aliphatic carbocycles. The summed E-state index contributed by atoms with van der Waals surface area (Å²) < 4.78 is 0. The number of benzene rings is 2. The predicted molar refractivity (Wildman–Crippen MR) is 108 cm³/mol. The number of aliphatic carboxylic acids is 1. The van der Waals surface area contributed by atoms with Crippen molar-refractivity contribution in [2.75, 3.05) is 18.4 Å². The van der Waals surface area contributed by atoms with Gasteiger partial charge in [0.15, 0.2) is 0 Å². The van der Waals surface area contributed by atoms with Crippen LogP contribution in [0.25, 0.3) is 0 Å². The first kappa shape index (κ1) is 21.2. The summed E-state index contributed by atoms with van der Waals surface area (Å²) in [7, 11) is 0. The van der Waals surface area contributed by atoms with E-state index in [0.717, 1.165) is 11.1 Å². The van der Waals surface area contributed by atoms with Crippen LogP contribution in [0, 0.1) is 5.92 Å². The molecule has 1 unspecified atom stereocenters. The summed E-state index contributed by atoms with van der Waals surface area (Å²) in [4.78, 5) is 36.6. The Morgan fingerprint density at radius 1 is 1.00 bits per heavy atom. The molecule has 0 radical (unpaired) electrons. The minimum absolute atomic E-state index is 0.0139. The minimum atomic E-state index is -0.836. The van der Waals surface area contributed by atoms with Gasteiger partial charge < -0.3 is 15.3 Å². The van der Waals surface area contributed by atoms with Gasteiger partial charge in [0.2, 0.25) is 11.8 Å². The van der Waals surface area contributed by atoms with Crippen molar-refractivity contribution in [1.82, 2.24) is 4.90 Å². The molecule has 0 heterocycles. The van der Waals surface area contributed by atoms with Gasteiger partial charge in [-0.15, -0.1) is 0 Å². The maximum absolute atomic E-state index is 12.3. The number of anilines is 1. The van der Waals surface area contributed by atoms with Crippen molar-refractivity contribution >= 4 is 23.5 Å². The molecule has 0 spiro atoms. The monoisotopic (exact) mass is 382 g/mol. The van der Waals surface area contributed by atoms with Crippen molar-refractivity contribution in [3.05, 3.63) is 65.7 Å². The largest absolute Gasteiger partial charge is 0.481 e. The van der Waals surface area contributed by atoms with Crippen LogP contribution in [-0.2, 0) is 27.2 Å². The molecule has 2 rings (SSSR count). The number of hydrogen-bond donors (Lipinski definition) is 2.